The Morgan fingerprint density at radius 2 is 1.76 bits per heavy atom. The SMILES string of the molecule is Cc1cccc(C)c1-c1cc2nc(n1)NS(=O)(=O)c1cccc(c1)C(=O)N(Cc1ncc(C3CCC(C)(C)C3)cn1)[C@H](COC(C)C)CO2. The Morgan fingerprint density at radius 1 is 1.04 bits per heavy atom. The standard InChI is InChI=1S/C37H44N6O5S/c1-23(2)47-21-29-22-48-33-16-31(34-24(3)9-7-10-25(34)4)40-36(41-33)42-49(45,46)30-12-8-11-26(15-30)35(44)43(29)20-32-38-18-28(19-39-32)27-13-14-37(5,6)17-27/h7-12,15-16,18-19,23,27,29H,13-14,17,20-22H2,1-6H3,(H,40,41,42)/t27?,29-/m1/s1. The van der Waals surface area contributed by atoms with Crippen LogP contribution < -0.4 is 9.46 Å². The van der Waals surface area contributed by atoms with Crippen molar-refractivity contribution in [2.75, 3.05) is 17.9 Å². The van der Waals surface area contributed by atoms with E-state index in [0.29, 0.717) is 22.9 Å². The summed E-state index contributed by atoms with van der Waals surface area (Å²) in [6, 6.07) is 12.9. The minimum absolute atomic E-state index is 0.00277. The van der Waals surface area contributed by atoms with Crippen molar-refractivity contribution in [1.29, 1.82) is 0 Å². The average Bonchev–Trinajstić information content (AvgIpc) is 3.42. The van der Waals surface area contributed by atoms with Crippen LogP contribution in [0.5, 0.6) is 5.88 Å². The normalized spacial score (nSPS) is 20.1. The molecule has 1 N–H and O–H groups in total. The van der Waals surface area contributed by atoms with Crippen molar-refractivity contribution in [1.82, 2.24) is 24.8 Å². The van der Waals surface area contributed by atoms with E-state index in [1.165, 1.54) is 12.1 Å². The summed E-state index contributed by atoms with van der Waals surface area (Å²) in [4.78, 5) is 34.3. The fraction of sp³-hybridized carbons (Fsp3) is 0.432. The lowest BCUT2D eigenvalue weighted by atomic mass is 9.89. The number of fused-ring (bicyclic) bond motifs is 4. The molecule has 2 aromatic carbocycles. The number of carbonyl (C=O) groups excluding carboxylic acids is 1. The van der Waals surface area contributed by atoms with Crippen molar-refractivity contribution in [2.45, 2.75) is 90.3 Å². The Balaban J connectivity index is 1.41. The highest BCUT2D eigenvalue weighted by molar-refractivity contribution is 7.92. The quantitative estimate of drug-likeness (QED) is 0.232. The number of aryl methyl sites for hydroxylation is 2. The maximum Gasteiger partial charge on any atom is 0.264 e. The first kappa shape index (κ1) is 34.4. The zero-order valence-corrected chi connectivity index (χ0v) is 29.8. The van der Waals surface area contributed by atoms with E-state index in [1.54, 1.807) is 23.1 Å². The molecule has 0 spiro atoms. The summed E-state index contributed by atoms with van der Waals surface area (Å²) in [5.41, 5.74) is 4.85. The molecule has 2 aliphatic rings. The molecular weight excluding hydrogens is 641 g/mol. The van der Waals surface area contributed by atoms with Crippen LogP contribution in [0.4, 0.5) is 5.95 Å². The summed E-state index contributed by atoms with van der Waals surface area (Å²) in [5.74, 6) is 0.466. The summed E-state index contributed by atoms with van der Waals surface area (Å²) in [5, 5.41) is 0. The number of amides is 1. The number of benzene rings is 2. The fourth-order valence-corrected chi connectivity index (χ4v) is 7.63. The third-order valence-electron chi connectivity index (χ3n) is 9.28. The van der Waals surface area contributed by atoms with Crippen LogP contribution in [0.2, 0.25) is 0 Å². The molecule has 0 radical (unpaired) electrons. The van der Waals surface area contributed by atoms with Crippen LogP contribution in [0.25, 0.3) is 11.3 Å². The number of hydrogen-bond acceptors (Lipinski definition) is 9. The summed E-state index contributed by atoms with van der Waals surface area (Å²) in [6.07, 6.45) is 6.94. The molecule has 12 heteroatoms. The maximum atomic E-state index is 14.3. The van der Waals surface area contributed by atoms with Gasteiger partial charge in [0.15, 0.2) is 0 Å². The molecule has 1 aliphatic carbocycles. The monoisotopic (exact) mass is 684 g/mol. The number of aromatic nitrogens is 4. The predicted octanol–water partition coefficient (Wildman–Crippen LogP) is 6.47. The lowest BCUT2D eigenvalue weighted by Crippen LogP contribution is -2.46. The van der Waals surface area contributed by atoms with Gasteiger partial charge in [-0.15, -0.1) is 0 Å². The maximum absolute atomic E-state index is 14.3. The number of nitrogens with one attached hydrogen (secondary N) is 1. The van der Waals surface area contributed by atoms with Crippen molar-refractivity contribution in [3.8, 4) is 17.1 Å². The zero-order chi connectivity index (χ0) is 34.9. The van der Waals surface area contributed by atoms with Gasteiger partial charge in [0, 0.05) is 29.6 Å². The number of ether oxygens (including phenoxy) is 2. The molecule has 1 fully saturated rings. The molecule has 6 rings (SSSR count). The van der Waals surface area contributed by atoms with Gasteiger partial charge in [-0.2, -0.15) is 4.98 Å². The highest BCUT2D eigenvalue weighted by atomic mass is 32.2. The number of nitrogens with zero attached hydrogens (tertiary/aromatic N) is 5. The van der Waals surface area contributed by atoms with E-state index < -0.39 is 22.0 Å². The Morgan fingerprint density at radius 3 is 2.43 bits per heavy atom. The van der Waals surface area contributed by atoms with Gasteiger partial charge in [-0.25, -0.2) is 28.1 Å². The van der Waals surface area contributed by atoms with E-state index in [1.807, 2.05) is 58.3 Å². The molecule has 1 amide bonds. The summed E-state index contributed by atoms with van der Waals surface area (Å²) in [6.45, 7) is 12.6. The molecular formula is C37H44N6O5S. The summed E-state index contributed by atoms with van der Waals surface area (Å²) < 4.78 is 42.2. The molecule has 3 heterocycles. The Labute approximate surface area is 288 Å². The molecule has 2 aromatic heterocycles. The largest absolute Gasteiger partial charge is 0.475 e. The molecule has 4 bridgehead atoms. The molecule has 1 saturated carbocycles. The van der Waals surface area contributed by atoms with Crippen molar-refractivity contribution in [3.05, 3.63) is 89.0 Å². The number of hydrogen-bond donors (Lipinski definition) is 1. The highest BCUT2D eigenvalue weighted by Gasteiger charge is 2.33. The van der Waals surface area contributed by atoms with Gasteiger partial charge in [-0.1, -0.05) is 38.1 Å². The van der Waals surface area contributed by atoms with E-state index in [2.05, 4.69) is 28.5 Å². The Hall–Kier alpha value is -4.42. The smallest absolute Gasteiger partial charge is 0.264 e. The van der Waals surface area contributed by atoms with E-state index in [0.717, 1.165) is 41.5 Å². The van der Waals surface area contributed by atoms with Crippen LogP contribution in [0.1, 0.15) is 85.7 Å². The van der Waals surface area contributed by atoms with Gasteiger partial charge >= 0.3 is 0 Å². The molecule has 2 atom stereocenters. The van der Waals surface area contributed by atoms with Crippen LogP contribution in [-0.4, -0.2) is 64.5 Å². The van der Waals surface area contributed by atoms with Crippen molar-refractivity contribution in [2.24, 2.45) is 5.41 Å². The van der Waals surface area contributed by atoms with Gasteiger partial charge in [0.05, 0.1) is 35.9 Å². The Kier molecular flexibility index (Phi) is 9.72. The van der Waals surface area contributed by atoms with Gasteiger partial charge in [0.25, 0.3) is 15.9 Å². The van der Waals surface area contributed by atoms with Gasteiger partial charge in [0.2, 0.25) is 11.8 Å². The van der Waals surface area contributed by atoms with Crippen LogP contribution in [0.3, 0.4) is 0 Å². The fourth-order valence-electron chi connectivity index (χ4n) is 6.64. The van der Waals surface area contributed by atoms with E-state index in [9.17, 15) is 13.2 Å². The van der Waals surface area contributed by atoms with E-state index in [-0.39, 0.29) is 48.1 Å². The summed E-state index contributed by atoms with van der Waals surface area (Å²) >= 11 is 0. The first-order chi connectivity index (χ1) is 23.3. The molecule has 49 heavy (non-hydrogen) atoms. The highest BCUT2D eigenvalue weighted by Crippen LogP contribution is 2.45. The predicted molar refractivity (Wildman–Crippen MR) is 187 cm³/mol. The van der Waals surface area contributed by atoms with Crippen LogP contribution >= 0.6 is 0 Å². The van der Waals surface area contributed by atoms with E-state index >= 15 is 0 Å². The summed E-state index contributed by atoms with van der Waals surface area (Å²) in [7, 11) is -4.18. The van der Waals surface area contributed by atoms with Gasteiger partial charge < -0.3 is 14.4 Å². The van der Waals surface area contributed by atoms with Gasteiger partial charge in [-0.3, -0.25) is 4.79 Å². The third-order valence-corrected chi connectivity index (χ3v) is 10.6. The number of rotatable bonds is 7. The first-order valence-electron chi connectivity index (χ1n) is 16.7. The zero-order valence-electron chi connectivity index (χ0n) is 28.9. The second kappa shape index (κ2) is 13.8. The lowest BCUT2D eigenvalue weighted by Gasteiger charge is -2.32. The third kappa shape index (κ3) is 7.91. The lowest BCUT2D eigenvalue weighted by molar-refractivity contribution is 0.00599. The minimum atomic E-state index is -4.18. The average molecular weight is 685 g/mol. The van der Waals surface area contributed by atoms with E-state index in [4.69, 9.17) is 19.4 Å². The molecule has 258 valence electrons. The second-order valence-corrected chi connectivity index (χ2v) is 15.8. The molecule has 4 aromatic rings. The minimum Gasteiger partial charge on any atom is -0.475 e. The van der Waals surface area contributed by atoms with Crippen molar-refractivity contribution in [3.63, 3.8) is 0 Å². The molecule has 11 nitrogen and oxygen atoms in total. The van der Waals surface area contributed by atoms with Crippen LogP contribution in [0, 0.1) is 19.3 Å². The Bertz CT molecular complexity index is 1930. The molecule has 0 saturated heterocycles. The molecule has 1 aliphatic heterocycles. The second-order valence-electron chi connectivity index (χ2n) is 14.1. The number of anilines is 1. The van der Waals surface area contributed by atoms with Crippen molar-refractivity contribution < 1.29 is 22.7 Å². The number of sulfonamides is 1. The van der Waals surface area contributed by atoms with Crippen molar-refractivity contribution >= 4 is 21.9 Å². The molecule has 1 unspecified atom stereocenters. The number of carbonyl (C=O) groups is 1. The van der Waals surface area contributed by atoms with Crippen LogP contribution in [0.15, 0.2) is 65.8 Å². The van der Waals surface area contributed by atoms with Gasteiger partial charge in [0.1, 0.15) is 12.4 Å². The van der Waals surface area contributed by atoms with Crippen LogP contribution in [-0.2, 0) is 21.3 Å². The van der Waals surface area contributed by atoms with Gasteiger partial charge in [-0.05, 0) is 93.2 Å². The topological polar surface area (TPSA) is 136 Å². The first-order valence-corrected chi connectivity index (χ1v) is 18.2.